The van der Waals surface area contributed by atoms with Gasteiger partial charge in [0.2, 0.25) is 5.91 Å². The second-order valence-electron chi connectivity index (χ2n) is 6.79. The van der Waals surface area contributed by atoms with Gasteiger partial charge in [0.25, 0.3) is 0 Å². The Kier molecular flexibility index (Phi) is 5.47. The molecule has 0 saturated carbocycles. The third-order valence-corrected chi connectivity index (χ3v) is 4.86. The summed E-state index contributed by atoms with van der Waals surface area (Å²) in [5.74, 6) is 1.56. The van der Waals surface area contributed by atoms with E-state index in [-0.39, 0.29) is 11.9 Å². The molecule has 2 aromatic rings. The minimum Gasteiger partial charge on any atom is -0.493 e. The van der Waals surface area contributed by atoms with E-state index in [1.54, 1.807) is 14.2 Å². The van der Waals surface area contributed by atoms with Crippen LogP contribution in [0.1, 0.15) is 18.1 Å². The van der Waals surface area contributed by atoms with Crippen LogP contribution in [0.5, 0.6) is 11.5 Å². The van der Waals surface area contributed by atoms with Crippen molar-refractivity contribution in [3.63, 3.8) is 0 Å². The lowest BCUT2D eigenvalue weighted by Gasteiger charge is -2.39. The number of rotatable bonds is 5. The lowest BCUT2D eigenvalue weighted by molar-refractivity contribution is -0.122. The van der Waals surface area contributed by atoms with Crippen molar-refractivity contribution in [2.45, 2.75) is 26.4 Å². The number of piperazine rings is 1. The van der Waals surface area contributed by atoms with Gasteiger partial charge in [-0.2, -0.15) is 0 Å². The van der Waals surface area contributed by atoms with Crippen LogP contribution in [0, 0.1) is 6.92 Å². The van der Waals surface area contributed by atoms with E-state index in [0.29, 0.717) is 31.1 Å². The molecule has 1 atom stereocenters. The summed E-state index contributed by atoms with van der Waals surface area (Å²) in [4.78, 5) is 16.8. The summed E-state index contributed by atoms with van der Waals surface area (Å²) in [6.45, 7) is 6.01. The first-order chi connectivity index (χ1) is 12.5. The Labute approximate surface area is 155 Å². The summed E-state index contributed by atoms with van der Waals surface area (Å²) in [6, 6.07) is 14.3. The van der Waals surface area contributed by atoms with E-state index >= 15 is 0 Å². The lowest BCUT2D eigenvalue weighted by atomic mass is 10.1. The first-order valence-electron chi connectivity index (χ1n) is 8.84. The molecule has 5 nitrogen and oxygen atoms in total. The van der Waals surface area contributed by atoms with Crippen LogP contribution in [0.4, 0.5) is 5.69 Å². The lowest BCUT2D eigenvalue weighted by Crippen LogP contribution is -2.54. The zero-order chi connectivity index (χ0) is 18.7. The highest BCUT2D eigenvalue weighted by atomic mass is 16.5. The van der Waals surface area contributed by atoms with Crippen molar-refractivity contribution in [2.75, 3.05) is 32.2 Å². The van der Waals surface area contributed by atoms with Crippen molar-refractivity contribution in [1.82, 2.24) is 4.90 Å². The van der Waals surface area contributed by atoms with Crippen molar-refractivity contribution >= 4 is 11.6 Å². The van der Waals surface area contributed by atoms with E-state index in [0.717, 1.165) is 16.8 Å². The molecular weight excluding hydrogens is 328 g/mol. The number of amides is 1. The molecule has 138 valence electrons. The fourth-order valence-electron chi connectivity index (χ4n) is 3.37. The Morgan fingerprint density at radius 1 is 1.08 bits per heavy atom. The Morgan fingerprint density at radius 2 is 1.85 bits per heavy atom. The van der Waals surface area contributed by atoms with Crippen LogP contribution in [0.15, 0.2) is 42.5 Å². The zero-order valence-corrected chi connectivity index (χ0v) is 15.9. The molecule has 26 heavy (non-hydrogen) atoms. The molecule has 1 amide bonds. The fourth-order valence-corrected chi connectivity index (χ4v) is 3.37. The van der Waals surface area contributed by atoms with Gasteiger partial charge in [-0.15, -0.1) is 0 Å². The molecule has 1 heterocycles. The van der Waals surface area contributed by atoms with Crippen LogP contribution in [0.3, 0.4) is 0 Å². The average Bonchev–Trinajstić information content (AvgIpc) is 2.64. The molecule has 0 bridgehead atoms. The molecule has 0 unspecified atom stereocenters. The molecular formula is C21H26N2O3. The average molecular weight is 354 g/mol. The van der Waals surface area contributed by atoms with Crippen molar-refractivity contribution in [3.05, 3.63) is 53.6 Å². The van der Waals surface area contributed by atoms with Crippen LogP contribution < -0.4 is 14.4 Å². The molecule has 0 N–H and O–H groups in total. The van der Waals surface area contributed by atoms with Gasteiger partial charge in [-0.3, -0.25) is 9.69 Å². The molecule has 1 aliphatic rings. The van der Waals surface area contributed by atoms with Crippen LogP contribution >= 0.6 is 0 Å². The highest BCUT2D eigenvalue weighted by Gasteiger charge is 2.30. The number of hydrogen-bond donors (Lipinski definition) is 0. The third kappa shape index (κ3) is 3.83. The fraction of sp³-hybridized carbons (Fsp3) is 0.381. The second-order valence-corrected chi connectivity index (χ2v) is 6.79. The van der Waals surface area contributed by atoms with Gasteiger partial charge in [-0.1, -0.05) is 18.2 Å². The van der Waals surface area contributed by atoms with E-state index < -0.39 is 0 Å². The van der Waals surface area contributed by atoms with E-state index in [1.165, 1.54) is 0 Å². The molecule has 1 saturated heterocycles. The minimum atomic E-state index is 0.133. The van der Waals surface area contributed by atoms with Gasteiger partial charge in [0.05, 0.1) is 20.8 Å². The highest BCUT2D eigenvalue weighted by molar-refractivity contribution is 5.95. The molecule has 1 fully saturated rings. The van der Waals surface area contributed by atoms with Crippen molar-refractivity contribution < 1.29 is 14.3 Å². The summed E-state index contributed by atoms with van der Waals surface area (Å²) in [5, 5.41) is 0. The molecule has 2 aromatic carbocycles. The predicted molar refractivity (Wildman–Crippen MR) is 103 cm³/mol. The topological polar surface area (TPSA) is 42.0 Å². The Bertz CT molecular complexity index is 791. The number of aryl methyl sites for hydroxylation is 1. The Hall–Kier alpha value is -2.53. The van der Waals surface area contributed by atoms with E-state index in [1.807, 2.05) is 48.2 Å². The summed E-state index contributed by atoms with van der Waals surface area (Å²) in [6.07, 6.45) is 0. The summed E-state index contributed by atoms with van der Waals surface area (Å²) < 4.78 is 10.7. The molecule has 1 aliphatic heterocycles. The quantitative estimate of drug-likeness (QED) is 0.827. The van der Waals surface area contributed by atoms with Crippen LogP contribution in [-0.4, -0.2) is 44.2 Å². The molecule has 0 radical (unpaired) electrons. The van der Waals surface area contributed by atoms with E-state index in [2.05, 4.69) is 17.9 Å². The van der Waals surface area contributed by atoms with Gasteiger partial charge >= 0.3 is 0 Å². The molecule has 0 aliphatic carbocycles. The summed E-state index contributed by atoms with van der Waals surface area (Å²) >= 11 is 0. The normalized spacial score (nSPS) is 18.1. The van der Waals surface area contributed by atoms with Gasteiger partial charge in [-0.25, -0.2) is 0 Å². The maximum atomic E-state index is 12.7. The van der Waals surface area contributed by atoms with Gasteiger partial charge in [0, 0.05) is 24.8 Å². The van der Waals surface area contributed by atoms with Gasteiger partial charge in [0.1, 0.15) is 0 Å². The number of benzene rings is 2. The second kappa shape index (κ2) is 7.79. The number of nitrogens with zero attached hydrogens (tertiary/aromatic N) is 2. The van der Waals surface area contributed by atoms with Gasteiger partial charge in [0.15, 0.2) is 11.5 Å². The number of hydrogen-bond acceptors (Lipinski definition) is 4. The SMILES string of the molecule is COc1ccc(CN2CC(=O)N(c3cccc(C)c3)C[C@@H]2C)cc1OC. The van der Waals surface area contributed by atoms with Crippen molar-refractivity contribution in [2.24, 2.45) is 0 Å². The Morgan fingerprint density at radius 3 is 2.54 bits per heavy atom. The van der Waals surface area contributed by atoms with Crippen molar-refractivity contribution in [3.8, 4) is 11.5 Å². The summed E-state index contributed by atoms with van der Waals surface area (Å²) in [5.41, 5.74) is 3.25. The maximum Gasteiger partial charge on any atom is 0.241 e. The molecule has 0 spiro atoms. The number of carbonyl (C=O) groups is 1. The van der Waals surface area contributed by atoms with Crippen LogP contribution in [-0.2, 0) is 11.3 Å². The summed E-state index contributed by atoms with van der Waals surface area (Å²) in [7, 11) is 3.26. The number of anilines is 1. The standard InChI is InChI=1S/C21H26N2O3/c1-15-6-5-7-18(10-15)23-12-16(2)22(14-21(23)24)13-17-8-9-19(25-3)20(11-17)26-4/h5-11,16H,12-14H2,1-4H3/t16-/m0/s1. The molecule has 3 rings (SSSR count). The largest absolute Gasteiger partial charge is 0.493 e. The highest BCUT2D eigenvalue weighted by Crippen LogP contribution is 2.29. The zero-order valence-electron chi connectivity index (χ0n) is 15.9. The smallest absolute Gasteiger partial charge is 0.241 e. The predicted octanol–water partition coefficient (Wildman–Crippen LogP) is 3.25. The monoisotopic (exact) mass is 354 g/mol. The maximum absolute atomic E-state index is 12.7. The third-order valence-electron chi connectivity index (χ3n) is 4.86. The van der Waals surface area contributed by atoms with Crippen LogP contribution in [0.2, 0.25) is 0 Å². The Balaban J connectivity index is 1.73. The van der Waals surface area contributed by atoms with E-state index in [9.17, 15) is 4.79 Å². The minimum absolute atomic E-state index is 0.133. The molecule has 5 heteroatoms. The van der Waals surface area contributed by atoms with E-state index in [4.69, 9.17) is 9.47 Å². The van der Waals surface area contributed by atoms with Crippen LogP contribution in [0.25, 0.3) is 0 Å². The number of methoxy groups -OCH3 is 2. The number of carbonyl (C=O) groups excluding carboxylic acids is 1. The van der Waals surface area contributed by atoms with Crippen molar-refractivity contribution in [1.29, 1.82) is 0 Å². The van der Waals surface area contributed by atoms with Gasteiger partial charge in [-0.05, 0) is 49.2 Å². The molecule has 0 aromatic heterocycles. The first kappa shape index (κ1) is 18.3. The van der Waals surface area contributed by atoms with Gasteiger partial charge < -0.3 is 14.4 Å². The number of ether oxygens (including phenoxy) is 2. The first-order valence-corrected chi connectivity index (χ1v) is 8.84.